The molecule has 0 aromatic heterocycles. The predicted octanol–water partition coefficient (Wildman–Crippen LogP) is 6.67. The molecule has 0 saturated carbocycles. The fourth-order valence-electron chi connectivity index (χ4n) is 4.04. The van der Waals surface area contributed by atoms with Crippen LogP contribution in [0.5, 0.6) is 11.5 Å². The van der Waals surface area contributed by atoms with Gasteiger partial charge in [-0.2, -0.15) is 0 Å². The number of barbiturate groups is 1. The average molecular weight is 598 g/mol. The summed E-state index contributed by atoms with van der Waals surface area (Å²) in [7, 11) is 0. The van der Waals surface area contributed by atoms with E-state index in [1.807, 2.05) is 32.9 Å². The molecule has 1 saturated heterocycles. The summed E-state index contributed by atoms with van der Waals surface area (Å²) in [5.74, 6) is -0.810. The van der Waals surface area contributed by atoms with Crippen molar-refractivity contribution < 1.29 is 23.9 Å². The molecule has 0 spiro atoms. The minimum Gasteiger partial charge on any atom is -0.490 e. The molecule has 0 aliphatic carbocycles. The Kier molecular flexibility index (Phi) is 8.23. The van der Waals surface area contributed by atoms with Crippen LogP contribution in [0.1, 0.15) is 34.7 Å². The monoisotopic (exact) mass is 596 g/mol. The van der Waals surface area contributed by atoms with Gasteiger partial charge in [0.15, 0.2) is 11.5 Å². The fourth-order valence-corrected chi connectivity index (χ4v) is 4.78. The lowest BCUT2D eigenvalue weighted by molar-refractivity contribution is -0.122. The third kappa shape index (κ3) is 5.76. The number of anilines is 1. The van der Waals surface area contributed by atoms with Gasteiger partial charge in [0.1, 0.15) is 12.2 Å². The number of imide groups is 2. The molecular formula is C29H26BrClN2O5. The largest absolute Gasteiger partial charge is 0.490 e. The van der Waals surface area contributed by atoms with Crippen LogP contribution in [0, 0.1) is 20.8 Å². The maximum absolute atomic E-state index is 13.3. The Morgan fingerprint density at radius 1 is 0.947 bits per heavy atom. The molecule has 1 N–H and O–H groups in total. The molecule has 1 heterocycles. The molecule has 4 rings (SSSR count). The standard InChI is InChI=1S/C29H26BrClN2O5/c1-5-37-25-14-20(13-23(31)26(25)38-15-19-7-6-16(2)17(3)10-19)12-22-27(34)32-29(36)33(28(22)35)24-9-8-21(30)11-18(24)4/h6-14H,5,15H2,1-4H3,(H,32,34,36)/b22-12-. The molecule has 0 atom stereocenters. The number of urea groups is 1. The number of benzene rings is 3. The fraction of sp³-hybridized carbons (Fsp3) is 0.207. The van der Waals surface area contributed by atoms with Crippen molar-refractivity contribution in [3.05, 3.63) is 91.4 Å². The summed E-state index contributed by atoms with van der Waals surface area (Å²) in [6, 6.07) is 13.6. The van der Waals surface area contributed by atoms with Crippen LogP contribution < -0.4 is 19.7 Å². The summed E-state index contributed by atoms with van der Waals surface area (Å²) in [6.07, 6.45) is 1.38. The molecule has 0 radical (unpaired) electrons. The van der Waals surface area contributed by atoms with E-state index in [0.717, 1.165) is 20.5 Å². The van der Waals surface area contributed by atoms with E-state index in [9.17, 15) is 14.4 Å². The number of aryl methyl sites for hydroxylation is 3. The SMILES string of the molecule is CCOc1cc(/C=C2/C(=O)NC(=O)N(c3ccc(Br)cc3C)C2=O)cc(Cl)c1OCc1ccc(C)c(C)c1. The molecule has 1 fully saturated rings. The van der Waals surface area contributed by atoms with E-state index in [-0.39, 0.29) is 17.2 Å². The number of nitrogens with one attached hydrogen (secondary N) is 1. The number of nitrogens with zero attached hydrogens (tertiary/aromatic N) is 1. The highest BCUT2D eigenvalue weighted by Gasteiger charge is 2.37. The summed E-state index contributed by atoms with van der Waals surface area (Å²) in [5, 5.41) is 2.50. The van der Waals surface area contributed by atoms with E-state index in [2.05, 4.69) is 27.3 Å². The van der Waals surface area contributed by atoms with E-state index in [1.165, 1.54) is 11.6 Å². The molecule has 196 valence electrons. The van der Waals surface area contributed by atoms with Gasteiger partial charge in [-0.3, -0.25) is 14.9 Å². The highest BCUT2D eigenvalue weighted by Crippen LogP contribution is 2.38. The lowest BCUT2D eigenvalue weighted by Crippen LogP contribution is -2.54. The molecule has 7 nitrogen and oxygen atoms in total. The third-order valence-electron chi connectivity index (χ3n) is 6.10. The summed E-state index contributed by atoms with van der Waals surface area (Å²) >= 11 is 9.95. The number of amides is 4. The topological polar surface area (TPSA) is 84.9 Å². The molecular weight excluding hydrogens is 572 g/mol. The van der Waals surface area contributed by atoms with Crippen LogP contribution >= 0.6 is 27.5 Å². The van der Waals surface area contributed by atoms with Crippen molar-refractivity contribution in [2.24, 2.45) is 0 Å². The Bertz CT molecular complexity index is 1480. The Hall–Kier alpha value is -3.62. The molecule has 38 heavy (non-hydrogen) atoms. The zero-order valence-corrected chi connectivity index (χ0v) is 23.7. The number of halogens is 2. The highest BCUT2D eigenvalue weighted by atomic mass is 79.9. The summed E-state index contributed by atoms with van der Waals surface area (Å²) < 4.78 is 12.6. The highest BCUT2D eigenvalue weighted by molar-refractivity contribution is 9.10. The van der Waals surface area contributed by atoms with E-state index >= 15 is 0 Å². The van der Waals surface area contributed by atoms with Gasteiger partial charge in [-0.05, 0) is 91.9 Å². The number of rotatable bonds is 7. The predicted molar refractivity (Wildman–Crippen MR) is 151 cm³/mol. The van der Waals surface area contributed by atoms with Gasteiger partial charge in [-0.25, -0.2) is 9.69 Å². The van der Waals surface area contributed by atoms with Gasteiger partial charge < -0.3 is 9.47 Å². The van der Waals surface area contributed by atoms with E-state index in [0.29, 0.717) is 34.9 Å². The molecule has 9 heteroatoms. The number of hydrogen-bond donors (Lipinski definition) is 1. The summed E-state index contributed by atoms with van der Waals surface area (Å²) in [6.45, 7) is 8.31. The molecule has 0 bridgehead atoms. The Balaban J connectivity index is 1.67. The third-order valence-corrected chi connectivity index (χ3v) is 6.87. The number of ether oxygens (including phenoxy) is 2. The zero-order chi connectivity index (χ0) is 27.6. The summed E-state index contributed by atoms with van der Waals surface area (Å²) in [5.41, 5.74) is 4.61. The van der Waals surface area contributed by atoms with Gasteiger partial charge in [-0.1, -0.05) is 45.7 Å². The first-order valence-corrected chi connectivity index (χ1v) is 13.1. The lowest BCUT2D eigenvalue weighted by Gasteiger charge is -2.27. The van der Waals surface area contributed by atoms with Crippen molar-refractivity contribution >= 4 is 57.1 Å². The van der Waals surface area contributed by atoms with Crippen molar-refractivity contribution in [2.45, 2.75) is 34.3 Å². The number of carbonyl (C=O) groups is 3. The van der Waals surface area contributed by atoms with E-state index in [4.69, 9.17) is 21.1 Å². The Morgan fingerprint density at radius 3 is 2.39 bits per heavy atom. The molecule has 0 unspecified atom stereocenters. The second-order valence-corrected chi connectivity index (χ2v) is 10.2. The Labute approximate surface area is 234 Å². The van der Waals surface area contributed by atoms with E-state index < -0.39 is 17.8 Å². The average Bonchev–Trinajstić information content (AvgIpc) is 2.85. The van der Waals surface area contributed by atoms with Crippen LogP contribution in [-0.2, 0) is 16.2 Å². The molecule has 3 aromatic carbocycles. The van der Waals surface area contributed by atoms with Gasteiger partial charge in [0.2, 0.25) is 0 Å². The first kappa shape index (κ1) is 27.4. The minimum atomic E-state index is -0.814. The maximum atomic E-state index is 13.3. The zero-order valence-electron chi connectivity index (χ0n) is 21.4. The van der Waals surface area contributed by atoms with Crippen LogP contribution in [0.3, 0.4) is 0 Å². The first-order chi connectivity index (χ1) is 18.1. The van der Waals surface area contributed by atoms with E-state index in [1.54, 1.807) is 37.3 Å². The number of carbonyl (C=O) groups excluding carboxylic acids is 3. The molecule has 1 aliphatic heterocycles. The normalized spacial score (nSPS) is 14.6. The van der Waals surface area contributed by atoms with Crippen molar-refractivity contribution in [2.75, 3.05) is 11.5 Å². The second-order valence-electron chi connectivity index (χ2n) is 8.86. The lowest BCUT2D eigenvalue weighted by atomic mass is 10.1. The van der Waals surface area contributed by atoms with Gasteiger partial charge in [-0.15, -0.1) is 0 Å². The molecule has 3 aromatic rings. The smallest absolute Gasteiger partial charge is 0.335 e. The van der Waals surface area contributed by atoms with Gasteiger partial charge in [0.25, 0.3) is 11.8 Å². The Morgan fingerprint density at radius 2 is 1.71 bits per heavy atom. The van der Waals surface area contributed by atoms with Gasteiger partial charge in [0.05, 0.1) is 17.3 Å². The van der Waals surface area contributed by atoms with Crippen molar-refractivity contribution in [3.8, 4) is 11.5 Å². The van der Waals surface area contributed by atoms with Crippen LogP contribution in [0.25, 0.3) is 6.08 Å². The molecule has 1 aliphatic rings. The van der Waals surface area contributed by atoms with Gasteiger partial charge >= 0.3 is 6.03 Å². The number of hydrogen-bond acceptors (Lipinski definition) is 5. The van der Waals surface area contributed by atoms with Crippen molar-refractivity contribution in [1.82, 2.24) is 5.32 Å². The van der Waals surface area contributed by atoms with Crippen LogP contribution in [0.2, 0.25) is 5.02 Å². The molecule has 4 amide bonds. The van der Waals surface area contributed by atoms with Gasteiger partial charge in [0, 0.05) is 4.47 Å². The maximum Gasteiger partial charge on any atom is 0.335 e. The van der Waals surface area contributed by atoms with Crippen LogP contribution in [0.15, 0.2) is 58.6 Å². The second kappa shape index (κ2) is 11.4. The summed E-state index contributed by atoms with van der Waals surface area (Å²) in [4.78, 5) is 39.5. The quantitative estimate of drug-likeness (QED) is 0.243. The first-order valence-electron chi connectivity index (χ1n) is 11.9. The van der Waals surface area contributed by atoms with Crippen molar-refractivity contribution in [3.63, 3.8) is 0 Å². The van der Waals surface area contributed by atoms with Crippen LogP contribution in [-0.4, -0.2) is 24.5 Å². The van der Waals surface area contributed by atoms with Crippen molar-refractivity contribution in [1.29, 1.82) is 0 Å². The minimum absolute atomic E-state index is 0.214. The van der Waals surface area contributed by atoms with Crippen LogP contribution in [0.4, 0.5) is 10.5 Å².